The van der Waals surface area contributed by atoms with Crippen molar-refractivity contribution in [3.05, 3.63) is 52.0 Å². The highest BCUT2D eigenvalue weighted by Crippen LogP contribution is 2.24. The summed E-state index contributed by atoms with van der Waals surface area (Å²) in [5.41, 5.74) is 5.58. The smallest absolute Gasteiger partial charge is 0.248 e. The van der Waals surface area contributed by atoms with Gasteiger partial charge in [-0.2, -0.15) is 0 Å². The molecule has 2 aromatic rings. The van der Waals surface area contributed by atoms with Gasteiger partial charge in [0.25, 0.3) is 0 Å². The number of amides is 2. The first-order valence-corrected chi connectivity index (χ1v) is 7.87. The predicted molar refractivity (Wildman–Crippen MR) is 94.8 cm³/mol. The summed E-state index contributed by atoms with van der Waals surface area (Å²) in [4.78, 5) is 22.7. The van der Waals surface area contributed by atoms with Gasteiger partial charge in [0.2, 0.25) is 11.8 Å². The van der Waals surface area contributed by atoms with E-state index >= 15 is 0 Å². The van der Waals surface area contributed by atoms with Crippen molar-refractivity contribution in [3.63, 3.8) is 0 Å². The van der Waals surface area contributed by atoms with Crippen LogP contribution in [0.5, 0.6) is 5.75 Å². The number of furan rings is 1. The third-order valence-corrected chi connectivity index (χ3v) is 3.32. The fourth-order valence-electron chi connectivity index (χ4n) is 1.71. The lowest BCUT2D eigenvalue weighted by molar-refractivity contribution is -0.118. The van der Waals surface area contributed by atoms with Crippen LogP contribution in [0.15, 0.2) is 46.9 Å². The van der Waals surface area contributed by atoms with Crippen molar-refractivity contribution in [1.29, 1.82) is 0 Å². The lowest BCUT2D eigenvalue weighted by Gasteiger charge is -2.10. The van der Waals surface area contributed by atoms with Gasteiger partial charge in [-0.15, -0.1) is 0 Å². The van der Waals surface area contributed by atoms with E-state index in [0.717, 1.165) is 3.77 Å². The standard InChI is InChI=1S/C16H15IN2O4/c17-14-7-5-11(23-14)6-8-16(21)19-12-3-1-2-4-13(12)22-10-9-15(18)20/h1-8H,9-10H2,(H2,18,20)(H,19,21). The fraction of sp³-hybridized carbons (Fsp3) is 0.125. The number of benzene rings is 1. The SMILES string of the molecule is NC(=O)CCOc1ccccc1NC(=O)C=Cc1ccc(I)o1. The topological polar surface area (TPSA) is 94.6 Å². The van der Waals surface area contributed by atoms with Gasteiger partial charge in [-0.25, -0.2) is 0 Å². The van der Waals surface area contributed by atoms with E-state index in [-0.39, 0.29) is 18.9 Å². The molecule has 0 aliphatic heterocycles. The van der Waals surface area contributed by atoms with E-state index in [1.165, 1.54) is 6.08 Å². The number of primary amides is 1. The summed E-state index contributed by atoms with van der Waals surface area (Å²) in [7, 11) is 0. The Labute approximate surface area is 146 Å². The van der Waals surface area contributed by atoms with Crippen molar-refractivity contribution in [2.75, 3.05) is 11.9 Å². The van der Waals surface area contributed by atoms with Crippen molar-refractivity contribution in [3.8, 4) is 5.75 Å². The highest BCUT2D eigenvalue weighted by molar-refractivity contribution is 14.1. The Bertz CT molecular complexity index is 724. The molecule has 0 unspecified atom stereocenters. The number of carbonyl (C=O) groups excluding carboxylic acids is 2. The van der Waals surface area contributed by atoms with Gasteiger partial charge in [0.1, 0.15) is 11.5 Å². The highest BCUT2D eigenvalue weighted by atomic mass is 127. The lowest BCUT2D eigenvalue weighted by atomic mass is 10.3. The molecule has 3 N–H and O–H groups in total. The second-order valence-corrected chi connectivity index (χ2v) is 5.59. The molecule has 1 aromatic carbocycles. The molecule has 0 fully saturated rings. The average Bonchev–Trinajstić information content (AvgIpc) is 2.92. The largest absolute Gasteiger partial charge is 0.491 e. The first-order chi connectivity index (χ1) is 11.0. The number of hydrogen-bond acceptors (Lipinski definition) is 4. The van der Waals surface area contributed by atoms with Crippen molar-refractivity contribution in [2.24, 2.45) is 5.73 Å². The van der Waals surface area contributed by atoms with Crippen LogP contribution in [0.2, 0.25) is 0 Å². The number of halogens is 1. The van der Waals surface area contributed by atoms with Gasteiger partial charge in [-0.3, -0.25) is 9.59 Å². The molecule has 1 heterocycles. The van der Waals surface area contributed by atoms with Crippen LogP contribution in [-0.2, 0) is 9.59 Å². The first kappa shape index (κ1) is 17.1. The van der Waals surface area contributed by atoms with Crippen LogP contribution in [0.4, 0.5) is 5.69 Å². The Hall–Kier alpha value is -2.29. The van der Waals surface area contributed by atoms with Gasteiger partial charge in [0.05, 0.1) is 18.7 Å². The fourth-order valence-corrected chi connectivity index (χ4v) is 2.14. The number of rotatable bonds is 7. The molecule has 0 aliphatic rings. The van der Waals surface area contributed by atoms with E-state index in [9.17, 15) is 9.59 Å². The molecule has 0 radical (unpaired) electrons. The van der Waals surface area contributed by atoms with Crippen LogP contribution in [0.1, 0.15) is 12.2 Å². The van der Waals surface area contributed by atoms with Crippen molar-refractivity contribution < 1.29 is 18.7 Å². The normalized spacial score (nSPS) is 10.7. The minimum Gasteiger partial charge on any atom is -0.491 e. The molecule has 0 saturated heterocycles. The predicted octanol–water partition coefficient (Wildman–Crippen LogP) is 2.79. The zero-order chi connectivity index (χ0) is 16.7. The van der Waals surface area contributed by atoms with E-state index in [1.54, 1.807) is 42.5 Å². The third-order valence-electron chi connectivity index (χ3n) is 2.74. The molecule has 2 rings (SSSR count). The maximum absolute atomic E-state index is 12.0. The lowest BCUT2D eigenvalue weighted by Crippen LogP contribution is -2.15. The molecule has 7 heteroatoms. The molecule has 120 valence electrons. The molecular weight excluding hydrogens is 411 g/mol. The number of hydrogen-bond donors (Lipinski definition) is 2. The summed E-state index contributed by atoms with van der Waals surface area (Å²) in [6.07, 6.45) is 3.06. The van der Waals surface area contributed by atoms with Gasteiger partial charge in [0.15, 0.2) is 3.77 Å². The van der Waals surface area contributed by atoms with Crippen LogP contribution in [0, 0.1) is 3.77 Å². The van der Waals surface area contributed by atoms with Crippen LogP contribution in [-0.4, -0.2) is 18.4 Å². The summed E-state index contributed by atoms with van der Waals surface area (Å²) in [6, 6.07) is 10.5. The second kappa shape index (κ2) is 8.37. The maximum atomic E-state index is 12.0. The molecule has 0 spiro atoms. The number of anilines is 1. The Morgan fingerprint density at radius 1 is 1.26 bits per heavy atom. The second-order valence-electron chi connectivity index (χ2n) is 4.53. The van der Waals surface area contributed by atoms with Crippen molar-refractivity contribution >= 4 is 46.2 Å². The minimum absolute atomic E-state index is 0.110. The van der Waals surface area contributed by atoms with Gasteiger partial charge in [-0.05, 0) is 52.9 Å². The highest BCUT2D eigenvalue weighted by Gasteiger charge is 2.06. The first-order valence-electron chi connectivity index (χ1n) is 6.79. The number of ether oxygens (including phenoxy) is 1. The van der Waals surface area contributed by atoms with Crippen LogP contribution in [0.25, 0.3) is 6.08 Å². The van der Waals surface area contributed by atoms with Crippen LogP contribution in [0.3, 0.4) is 0 Å². The zero-order valence-electron chi connectivity index (χ0n) is 12.1. The van der Waals surface area contributed by atoms with Crippen molar-refractivity contribution in [2.45, 2.75) is 6.42 Å². The Balaban J connectivity index is 1.97. The molecular formula is C16H15IN2O4. The molecule has 6 nitrogen and oxygen atoms in total. The van der Waals surface area contributed by atoms with Gasteiger partial charge >= 0.3 is 0 Å². The Kier molecular flexibility index (Phi) is 6.21. The molecule has 0 saturated carbocycles. The summed E-state index contributed by atoms with van der Waals surface area (Å²) in [5, 5.41) is 2.72. The molecule has 23 heavy (non-hydrogen) atoms. The number of nitrogens with one attached hydrogen (secondary N) is 1. The number of nitrogens with two attached hydrogens (primary N) is 1. The summed E-state index contributed by atoms with van der Waals surface area (Å²) in [5.74, 6) is 0.309. The average molecular weight is 426 g/mol. The maximum Gasteiger partial charge on any atom is 0.248 e. The molecule has 1 aromatic heterocycles. The number of carbonyl (C=O) groups is 2. The monoisotopic (exact) mass is 426 g/mol. The van der Waals surface area contributed by atoms with Crippen LogP contribution >= 0.6 is 22.6 Å². The molecule has 2 amide bonds. The Morgan fingerprint density at radius 2 is 2.04 bits per heavy atom. The van der Waals surface area contributed by atoms with Crippen molar-refractivity contribution in [1.82, 2.24) is 0 Å². The zero-order valence-corrected chi connectivity index (χ0v) is 14.3. The van der Waals surface area contributed by atoms with Gasteiger partial charge < -0.3 is 20.2 Å². The van der Waals surface area contributed by atoms with E-state index in [1.807, 2.05) is 22.6 Å². The molecule has 0 atom stereocenters. The minimum atomic E-state index is -0.442. The summed E-state index contributed by atoms with van der Waals surface area (Å²) < 4.78 is 11.5. The van der Waals surface area contributed by atoms with Gasteiger partial charge in [0, 0.05) is 6.08 Å². The quantitative estimate of drug-likeness (QED) is 0.526. The Morgan fingerprint density at radius 3 is 2.74 bits per heavy atom. The molecule has 0 bridgehead atoms. The van der Waals surface area contributed by atoms with E-state index in [2.05, 4.69) is 5.32 Å². The summed E-state index contributed by atoms with van der Waals surface area (Å²) >= 11 is 2.05. The van der Waals surface area contributed by atoms with E-state index < -0.39 is 5.91 Å². The number of para-hydroxylation sites is 2. The summed E-state index contributed by atoms with van der Waals surface area (Å²) in [6.45, 7) is 0.156. The van der Waals surface area contributed by atoms with Gasteiger partial charge in [-0.1, -0.05) is 12.1 Å². The van der Waals surface area contributed by atoms with E-state index in [0.29, 0.717) is 17.2 Å². The third kappa shape index (κ3) is 5.78. The molecule has 0 aliphatic carbocycles. The van der Waals surface area contributed by atoms with Crippen LogP contribution < -0.4 is 15.8 Å². The van der Waals surface area contributed by atoms with E-state index in [4.69, 9.17) is 14.9 Å².